The van der Waals surface area contributed by atoms with Crippen LogP contribution in [0.25, 0.3) is 0 Å². The molecule has 2 heterocycles. The molecule has 2 aliphatic rings. The molecule has 1 saturated heterocycles. The number of nitrogens with zero attached hydrogens (tertiary/aromatic N) is 2. The number of halogens is 2. The molecule has 0 atom stereocenters. The van der Waals surface area contributed by atoms with Crippen molar-refractivity contribution in [2.45, 2.75) is 38.5 Å². The summed E-state index contributed by atoms with van der Waals surface area (Å²) in [5.74, 6) is 0.929. The Bertz CT molecular complexity index is 958. The van der Waals surface area contributed by atoms with E-state index in [4.69, 9.17) is 9.73 Å². The fraction of sp³-hybridized carbons (Fsp3) is 0.391. The zero-order valence-electron chi connectivity index (χ0n) is 17.3. The number of benzene rings is 2. The van der Waals surface area contributed by atoms with Crippen LogP contribution in [0.1, 0.15) is 30.9 Å². The second-order valence-corrected chi connectivity index (χ2v) is 7.68. The third kappa shape index (κ3) is 4.69. The fourth-order valence-electron chi connectivity index (χ4n) is 4.04. The molecule has 2 aliphatic heterocycles. The van der Waals surface area contributed by atoms with Gasteiger partial charge in [0.1, 0.15) is 11.4 Å². The molecule has 1 spiro atoms. The van der Waals surface area contributed by atoms with E-state index < -0.39 is 12.2 Å². The van der Waals surface area contributed by atoms with Crippen LogP contribution in [-0.2, 0) is 11.3 Å². The largest absolute Gasteiger partial charge is 0.490 e. The first kappa shape index (κ1) is 21.2. The summed E-state index contributed by atoms with van der Waals surface area (Å²) in [5, 5.41) is 2.94. The molecule has 6 nitrogen and oxygen atoms in total. The van der Waals surface area contributed by atoms with Crippen molar-refractivity contribution < 1.29 is 23.0 Å². The average molecular weight is 429 g/mol. The molecule has 0 aliphatic carbocycles. The highest BCUT2D eigenvalue weighted by Crippen LogP contribution is 2.33. The van der Waals surface area contributed by atoms with Gasteiger partial charge in [-0.2, -0.15) is 8.78 Å². The van der Waals surface area contributed by atoms with E-state index in [9.17, 15) is 13.6 Å². The number of carbonyl (C=O) groups excluding carboxylic acids is 1. The lowest BCUT2D eigenvalue weighted by atomic mass is 9.88. The van der Waals surface area contributed by atoms with Crippen molar-refractivity contribution in [1.29, 1.82) is 0 Å². The summed E-state index contributed by atoms with van der Waals surface area (Å²) in [6.07, 6.45) is 1.25. The molecule has 1 fully saturated rings. The highest BCUT2D eigenvalue weighted by Gasteiger charge is 2.45. The normalized spacial score (nSPS) is 18.2. The van der Waals surface area contributed by atoms with E-state index in [0.29, 0.717) is 50.7 Å². The number of hydrogen-bond acceptors (Lipinski definition) is 5. The number of amides is 1. The topological polar surface area (TPSA) is 63.2 Å². The van der Waals surface area contributed by atoms with Crippen LogP contribution in [0, 0.1) is 0 Å². The van der Waals surface area contributed by atoms with Gasteiger partial charge in [0.2, 0.25) is 0 Å². The van der Waals surface area contributed by atoms with Gasteiger partial charge >= 0.3 is 6.61 Å². The number of amidine groups is 1. The van der Waals surface area contributed by atoms with Gasteiger partial charge in [-0.15, -0.1) is 0 Å². The monoisotopic (exact) mass is 429 g/mol. The summed E-state index contributed by atoms with van der Waals surface area (Å²) in [6, 6.07) is 14.7. The number of rotatable bonds is 7. The van der Waals surface area contributed by atoms with Crippen LogP contribution in [0.15, 0.2) is 53.5 Å². The molecule has 31 heavy (non-hydrogen) atoms. The predicted molar refractivity (Wildman–Crippen MR) is 113 cm³/mol. The Hall–Kier alpha value is -3.00. The van der Waals surface area contributed by atoms with Gasteiger partial charge < -0.3 is 14.8 Å². The van der Waals surface area contributed by atoms with E-state index in [1.165, 1.54) is 6.07 Å². The lowest BCUT2D eigenvalue weighted by molar-refractivity contribution is -0.125. The minimum Gasteiger partial charge on any atom is -0.490 e. The summed E-state index contributed by atoms with van der Waals surface area (Å²) >= 11 is 0. The predicted octanol–water partition coefficient (Wildman–Crippen LogP) is 3.60. The fourth-order valence-corrected chi connectivity index (χ4v) is 4.04. The van der Waals surface area contributed by atoms with E-state index in [1.54, 1.807) is 19.1 Å². The molecule has 164 valence electrons. The van der Waals surface area contributed by atoms with Crippen LogP contribution in [0.2, 0.25) is 0 Å². The standard InChI is InChI=1S/C23H25F2N3O3/c1-2-30-19-14-16(8-9-18(19)31-22(24)25)15-28-12-10-23(11-13-28)21(29)26-20(27-23)17-6-4-3-5-7-17/h3-9,14,22H,2,10-13,15H2,1H3,(H,26,27,29). The first-order chi connectivity index (χ1) is 15.0. The summed E-state index contributed by atoms with van der Waals surface area (Å²) < 4.78 is 35.2. The molecule has 0 saturated carbocycles. The Morgan fingerprint density at radius 2 is 1.87 bits per heavy atom. The highest BCUT2D eigenvalue weighted by atomic mass is 19.3. The lowest BCUT2D eigenvalue weighted by Crippen LogP contribution is -2.48. The molecule has 2 aromatic rings. The lowest BCUT2D eigenvalue weighted by Gasteiger charge is -2.35. The zero-order chi connectivity index (χ0) is 21.8. The number of likely N-dealkylation sites (tertiary alicyclic amines) is 1. The molecule has 8 heteroatoms. The van der Waals surface area contributed by atoms with Crippen molar-refractivity contribution in [2.24, 2.45) is 4.99 Å². The Kier molecular flexibility index (Phi) is 6.18. The number of carbonyl (C=O) groups is 1. The van der Waals surface area contributed by atoms with Gasteiger partial charge in [0.05, 0.1) is 6.61 Å². The van der Waals surface area contributed by atoms with Crippen molar-refractivity contribution in [1.82, 2.24) is 10.2 Å². The van der Waals surface area contributed by atoms with E-state index in [2.05, 4.69) is 15.0 Å². The molecule has 0 radical (unpaired) electrons. The van der Waals surface area contributed by atoms with E-state index in [1.807, 2.05) is 30.3 Å². The molecular weight excluding hydrogens is 404 g/mol. The van der Waals surface area contributed by atoms with Crippen LogP contribution in [-0.4, -0.2) is 48.5 Å². The zero-order valence-corrected chi connectivity index (χ0v) is 17.3. The van der Waals surface area contributed by atoms with E-state index in [-0.39, 0.29) is 11.7 Å². The minimum absolute atomic E-state index is 0.0311. The maximum absolute atomic E-state index is 12.7. The maximum atomic E-state index is 12.7. The minimum atomic E-state index is -2.90. The highest BCUT2D eigenvalue weighted by molar-refractivity contribution is 6.15. The van der Waals surface area contributed by atoms with E-state index in [0.717, 1.165) is 11.1 Å². The van der Waals surface area contributed by atoms with Crippen molar-refractivity contribution in [2.75, 3.05) is 19.7 Å². The van der Waals surface area contributed by atoms with Gasteiger partial charge in [-0.1, -0.05) is 36.4 Å². The van der Waals surface area contributed by atoms with Gasteiger partial charge in [0.25, 0.3) is 5.91 Å². The third-order valence-corrected chi connectivity index (χ3v) is 5.64. The second kappa shape index (κ2) is 9.01. The summed E-state index contributed by atoms with van der Waals surface area (Å²) in [4.78, 5) is 19.7. The number of aliphatic imine (C=N–C) groups is 1. The molecule has 2 aromatic carbocycles. The number of hydrogen-bond donors (Lipinski definition) is 1. The third-order valence-electron chi connectivity index (χ3n) is 5.64. The van der Waals surface area contributed by atoms with Crippen molar-refractivity contribution in [3.8, 4) is 11.5 Å². The number of ether oxygens (including phenoxy) is 2. The quantitative estimate of drug-likeness (QED) is 0.731. The smallest absolute Gasteiger partial charge is 0.387 e. The van der Waals surface area contributed by atoms with Gasteiger partial charge in [0, 0.05) is 25.2 Å². The Labute approximate surface area is 179 Å². The molecule has 1 amide bonds. The van der Waals surface area contributed by atoms with Gasteiger partial charge in [-0.05, 0) is 37.5 Å². The first-order valence-corrected chi connectivity index (χ1v) is 10.4. The molecule has 0 unspecified atom stereocenters. The van der Waals surface area contributed by atoms with Gasteiger partial charge in [0.15, 0.2) is 11.5 Å². The Morgan fingerprint density at radius 3 is 2.55 bits per heavy atom. The summed E-state index contributed by atoms with van der Waals surface area (Å²) in [6.45, 7) is 1.28. The molecule has 0 aromatic heterocycles. The number of nitrogens with one attached hydrogen (secondary N) is 1. The van der Waals surface area contributed by atoms with E-state index >= 15 is 0 Å². The van der Waals surface area contributed by atoms with Gasteiger partial charge in [-0.25, -0.2) is 0 Å². The SMILES string of the molecule is CCOc1cc(CN2CCC3(CC2)N=C(c2ccccc2)NC3=O)ccc1OC(F)F. The van der Waals surface area contributed by atoms with Crippen LogP contribution in [0.5, 0.6) is 11.5 Å². The van der Waals surface area contributed by atoms with Crippen LogP contribution in [0.4, 0.5) is 8.78 Å². The van der Waals surface area contributed by atoms with Crippen LogP contribution >= 0.6 is 0 Å². The molecule has 4 rings (SSSR count). The Morgan fingerprint density at radius 1 is 1.13 bits per heavy atom. The van der Waals surface area contributed by atoms with Gasteiger partial charge in [-0.3, -0.25) is 14.7 Å². The Balaban J connectivity index is 1.42. The maximum Gasteiger partial charge on any atom is 0.387 e. The molecule has 1 N–H and O–H groups in total. The van der Waals surface area contributed by atoms with Crippen LogP contribution < -0.4 is 14.8 Å². The first-order valence-electron chi connectivity index (χ1n) is 10.4. The number of alkyl halides is 2. The molecular formula is C23H25F2N3O3. The second-order valence-electron chi connectivity index (χ2n) is 7.68. The summed E-state index contributed by atoms with van der Waals surface area (Å²) in [7, 11) is 0. The van der Waals surface area contributed by atoms with Crippen molar-refractivity contribution in [3.05, 3.63) is 59.7 Å². The van der Waals surface area contributed by atoms with Crippen LogP contribution in [0.3, 0.4) is 0 Å². The summed E-state index contributed by atoms with van der Waals surface area (Å²) in [5.41, 5.74) is 1.13. The van der Waals surface area contributed by atoms with Crippen molar-refractivity contribution in [3.63, 3.8) is 0 Å². The molecule has 0 bridgehead atoms. The average Bonchev–Trinajstić information content (AvgIpc) is 3.08. The number of piperidine rings is 1. The van der Waals surface area contributed by atoms with Crippen molar-refractivity contribution >= 4 is 11.7 Å².